The second kappa shape index (κ2) is 49.0. The van der Waals surface area contributed by atoms with Gasteiger partial charge in [-0.05, 0) is 129 Å². The zero-order valence-electron chi connectivity index (χ0n) is 44.8. The number of rotatable bonds is 29. The summed E-state index contributed by atoms with van der Waals surface area (Å²) in [6.45, 7) is 38.0. The van der Waals surface area contributed by atoms with Gasteiger partial charge in [-0.2, -0.15) is 12.6 Å². The molecule has 3 aromatic carbocycles. The van der Waals surface area contributed by atoms with Crippen LogP contribution in [0.15, 0.2) is 72.8 Å². The molecule has 2 nitrogen and oxygen atoms in total. The van der Waals surface area contributed by atoms with Crippen molar-refractivity contribution in [3.05, 3.63) is 107 Å². The molecule has 0 aliphatic rings. The smallest absolute Gasteiger partial charge is 0.123 e. The van der Waals surface area contributed by atoms with E-state index in [9.17, 15) is 8.78 Å². The van der Waals surface area contributed by atoms with Gasteiger partial charge in [0.1, 0.15) is 11.6 Å². The third-order valence-electron chi connectivity index (χ3n) is 12.0. The van der Waals surface area contributed by atoms with E-state index in [4.69, 9.17) is 0 Å². The zero-order chi connectivity index (χ0) is 50.2. The molecule has 3 rings (SSSR count). The Hall–Kier alpha value is -2.43. The van der Waals surface area contributed by atoms with Crippen LogP contribution in [0.3, 0.4) is 0 Å². The summed E-state index contributed by atoms with van der Waals surface area (Å²) in [5.74, 6) is -0.317. The van der Waals surface area contributed by atoms with Gasteiger partial charge in [0.05, 0.1) is 52.4 Å². The van der Waals surface area contributed by atoms with E-state index < -0.39 is 0 Å². The van der Waals surface area contributed by atoms with Gasteiger partial charge >= 0.3 is 0 Å². The molecule has 0 radical (unpaired) electrons. The summed E-state index contributed by atoms with van der Waals surface area (Å²) in [6, 6.07) is 22.0. The lowest BCUT2D eigenvalue weighted by atomic mass is 9.97. The van der Waals surface area contributed by atoms with Crippen molar-refractivity contribution in [3.8, 4) is 0 Å². The Morgan fingerprint density at radius 1 is 0.364 bits per heavy atom. The highest BCUT2D eigenvalue weighted by atomic mass is 19.1. The lowest BCUT2D eigenvalue weighted by molar-refractivity contribution is -0.929. The number of benzene rings is 3. The first-order valence-corrected chi connectivity index (χ1v) is 26.6. The summed E-state index contributed by atoms with van der Waals surface area (Å²) in [4.78, 5) is 0. The lowest BCUT2D eigenvalue weighted by Gasteiger charge is -2.39. The molecule has 0 saturated carbocycles. The summed E-state index contributed by atoms with van der Waals surface area (Å²) < 4.78 is 27.4. The second-order valence-corrected chi connectivity index (χ2v) is 18.4. The van der Waals surface area contributed by atoms with Crippen molar-refractivity contribution in [1.29, 1.82) is 0 Å². The minimum Gasteiger partial charge on any atom is -0.324 e. The SMILES string of the molecule is CCCC[N+](CCCC)(CCCC)CCCC.CCCC[N+](CCCC)(CCCC)CCCC.Cc1ccc(F)cc1C.Cc1cccc(F)c1.[BH3-]CCCCCC.[BH3-]Cc1ccccc1. The molecular weight excluding hydrogens is 808 g/mol. The van der Waals surface area contributed by atoms with Crippen molar-refractivity contribution in [2.24, 2.45) is 0 Å². The van der Waals surface area contributed by atoms with Crippen molar-refractivity contribution < 1.29 is 17.7 Å². The molecule has 0 aliphatic carbocycles. The van der Waals surface area contributed by atoms with E-state index in [1.54, 1.807) is 18.5 Å². The van der Waals surface area contributed by atoms with Crippen molar-refractivity contribution in [1.82, 2.24) is 0 Å². The molecule has 0 unspecified atom stereocenters. The predicted octanol–water partition coefficient (Wildman–Crippen LogP) is 16.5. The number of hydrogen-bond donors (Lipinski definition) is 0. The van der Waals surface area contributed by atoms with Gasteiger partial charge in [0.25, 0.3) is 0 Å². The number of quaternary nitrogens is 2. The highest BCUT2D eigenvalue weighted by Crippen LogP contribution is 2.18. The molecule has 0 fully saturated rings. The summed E-state index contributed by atoms with van der Waals surface area (Å²) in [5.41, 5.74) is 4.63. The normalized spacial score (nSPS) is 10.7. The lowest BCUT2D eigenvalue weighted by Crippen LogP contribution is -2.50. The topological polar surface area (TPSA) is 0 Å². The Bertz CT molecular complexity index is 1290. The molecule has 0 aromatic heterocycles. The fourth-order valence-corrected chi connectivity index (χ4v) is 7.50. The maximum absolute atomic E-state index is 12.3. The summed E-state index contributed by atoms with van der Waals surface area (Å²) in [5, 5.41) is 0. The first-order valence-electron chi connectivity index (χ1n) is 26.6. The molecule has 0 atom stereocenters. The van der Waals surface area contributed by atoms with Crippen molar-refractivity contribution in [2.75, 3.05) is 52.4 Å². The Balaban J connectivity index is -0.000000749. The van der Waals surface area contributed by atoms with Gasteiger partial charge in [-0.15, -0.1) is 0 Å². The minimum absolute atomic E-state index is 0.155. The van der Waals surface area contributed by atoms with Crippen LogP contribution in [0.25, 0.3) is 0 Å². The van der Waals surface area contributed by atoms with Crippen LogP contribution in [0.1, 0.15) is 213 Å². The largest absolute Gasteiger partial charge is 0.324 e. The zero-order valence-corrected chi connectivity index (χ0v) is 44.8. The third-order valence-corrected chi connectivity index (χ3v) is 12.0. The van der Waals surface area contributed by atoms with E-state index in [1.165, 1.54) is 226 Å². The minimum atomic E-state index is -0.162. The molecule has 0 amide bonds. The van der Waals surface area contributed by atoms with Gasteiger partial charge in [-0.25, -0.2) is 8.78 Å². The summed E-state index contributed by atoms with van der Waals surface area (Å²) in [6.07, 6.45) is 31.0. The van der Waals surface area contributed by atoms with Crippen LogP contribution in [0.2, 0.25) is 6.32 Å². The Kier molecular flexibility index (Phi) is 50.4. The molecule has 6 heteroatoms. The molecule has 0 bridgehead atoms. The molecule has 66 heavy (non-hydrogen) atoms. The Morgan fingerprint density at radius 3 is 0.970 bits per heavy atom. The number of nitrogens with zero attached hydrogens (tertiary/aromatic N) is 2. The number of aryl methyl sites for hydroxylation is 3. The first kappa shape index (κ1) is 67.8. The van der Waals surface area contributed by atoms with Gasteiger partial charge in [0, 0.05) is 0 Å². The van der Waals surface area contributed by atoms with Crippen LogP contribution < -0.4 is 0 Å². The van der Waals surface area contributed by atoms with Crippen molar-refractivity contribution >= 4 is 15.7 Å². The van der Waals surface area contributed by atoms with Crippen LogP contribution in [-0.4, -0.2) is 77.0 Å². The van der Waals surface area contributed by atoms with Crippen molar-refractivity contribution in [2.45, 2.75) is 224 Å². The van der Waals surface area contributed by atoms with Gasteiger partial charge in [0.15, 0.2) is 0 Å². The molecular formula is C60H114B2F2N2. The maximum atomic E-state index is 12.3. The van der Waals surface area contributed by atoms with Gasteiger partial charge in [0.2, 0.25) is 0 Å². The van der Waals surface area contributed by atoms with Crippen LogP contribution >= 0.6 is 0 Å². The Morgan fingerprint density at radius 2 is 0.727 bits per heavy atom. The average molecular weight is 923 g/mol. The highest BCUT2D eigenvalue weighted by Gasteiger charge is 2.25. The standard InChI is InChI=1S/2C16H36N.C8H9F.C7H10B.C7H7F.C6H16B/c2*1-5-9-13-17(14-10-6-2,15-11-7-3)16-12-8-4;1-6-3-4-8(9)5-7(6)2;8-6-7-4-2-1-3-5-7;1-6-3-2-4-7(8)5-6;1-2-3-4-5-6-7/h2*5-16H2,1-4H3;3-5H,1-2H3;1-5H,6H2,8H3;2-5H,1H3;2-6H2,1,7H3/q2*+1;;-1;;-1. The molecule has 0 saturated heterocycles. The van der Waals surface area contributed by atoms with Gasteiger partial charge < -0.3 is 8.97 Å². The molecule has 384 valence electrons. The van der Waals surface area contributed by atoms with Gasteiger partial charge in [-0.3, -0.25) is 0 Å². The molecule has 0 heterocycles. The fourth-order valence-electron chi connectivity index (χ4n) is 7.50. The summed E-state index contributed by atoms with van der Waals surface area (Å²) >= 11 is 0. The van der Waals surface area contributed by atoms with Crippen LogP contribution in [0.4, 0.5) is 8.78 Å². The average Bonchev–Trinajstić information content (AvgIpc) is 3.33. The van der Waals surface area contributed by atoms with E-state index >= 15 is 0 Å². The first-order chi connectivity index (χ1) is 31.8. The van der Waals surface area contributed by atoms with Gasteiger partial charge in [-0.1, -0.05) is 193 Å². The van der Waals surface area contributed by atoms with Crippen LogP contribution in [-0.2, 0) is 6.32 Å². The second-order valence-electron chi connectivity index (χ2n) is 18.4. The molecule has 0 N–H and O–H groups in total. The fraction of sp³-hybridized carbons (Fsp3) is 0.700. The monoisotopic (exact) mass is 923 g/mol. The predicted molar refractivity (Wildman–Crippen MR) is 305 cm³/mol. The van der Waals surface area contributed by atoms with E-state index in [1.807, 2.05) is 26.8 Å². The van der Waals surface area contributed by atoms with E-state index in [2.05, 4.69) is 92.6 Å². The van der Waals surface area contributed by atoms with Crippen LogP contribution in [0.5, 0.6) is 0 Å². The highest BCUT2D eigenvalue weighted by molar-refractivity contribution is 6.08. The number of unbranched alkanes of at least 4 members (excludes halogenated alkanes) is 11. The summed E-state index contributed by atoms with van der Waals surface area (Å²) in [7, 11) is 1.30. The van der Waals surface area contributed by atoms with E-state index in [0.29, 0.717) is 7.85 Å². The van der Waals surface area contributed by atoms with Crippen LogP contribution in [0, 0.1) is 32.4 Å². The number of hydrogen-bond acceptors (Lipinski definition) is 0. The number of halogens is 2. The van der Waals surface area contributed by atoms with E-state index in [-0.39, 0.29) is 11.6 Å². The Labute approximate surface area is 414 Å². The van der Waals surface area contributed by atoms with E-state index in [0.717, 1.165) is 24.5 Å². The molecule has 3 aromatic rings. The molecule has 0 spiro atoms. The molecule has 0 aliphatic heterocycles. The van der Waals surface area contributed by atoms with Crippen molar-refractivity contribution in [3.63, 3.8) is 0 Å². The quantitative estimate of drug-likeness (QED) is 0.0370. The maximum Gasteiger partial charge on any atom is 0.123 e. The third kappa shape index (κ3) is 40.6.